The summed E-state index contributed by atoms with van der Waals surface area (Å²) in [5.74, 6) is 1.71. The van der Waals surface area contributed by atoms with E-state index in [-0.39, 0.29) is 18.1 Å². The Bertz CT molecular complexity index is 803. The normalized spacial score (nSPS) is 24.0. The highest BCUT2D eigenvalue weighted by atomic mass is 16.5. The van der Waals surface area contributed by atoms with Gasteiger partial charge >= 0.3 is 0 Å². The van der Waals surface area contributed by atoms with Crippen LogP contribution in [0.3, 0.4) is 0 Å². The van der Waals surface area contributed by atoms with Crippen molar-refractivity contribution in [2.75, 3.05) is 28.4 Å². The van der Waals surface area contributed by atoms with Gasteiger partial charge in [0.25, 0.3) is 0 Å². The molecule has 0 aromatic heterocycles. The lowest BCUT2D eigenvalue weighted by Crippen LogP contribution is -2.37. The molecular formula is C22H31NO6. The van der Waals surface area contributed by atoms with Crippen molar-refractivity contribution in [3.05, 3.63) is 22.8 Å². The third kappa shape index (κ3) is 4.07. The Morgan fingerprint density at radius 3 is 2.38 bits per heavy atom. The van der Waals surface area contributed by atoms with Crippen LogP contribution in [0.2, 0.25) is 0 Å². The summed E-state index contributed by atoms with van der Waals surface area (Å²) >= 11 is 0. The number of aliphatic hydroxyl groups is 1. The molecular weight excluding hydrogens is 374 g/mol. The SMILES string of the molecule is COc1cc2c(c(OC)c1OC)C1=C(C[C@H](O)[C@@H](OC)CC1)[C@H](NC(C)=O)CC2. The van der Waals surface area contributed by atoms with Crippen LogP contribution in [0.25, 0.3) is 5.57 Å². The van der Waals surface area contributed by atoms with E-state index in [0.717, 1.165) is 35.1 Å². The third-order valence-electron chi connectivity index (χ3n) is 5.94. The van der Waals surface area contributed by atoms with Crippen molar-refractivity contribution in [3.8, 4) is 17.2 Å². The van der Waals surface area contributed by atoms with E-state index in [4.69, 9.17) is 18.9 Å². The average Bonchev–Trinajstić information content (AvgIpc) is 2.95. The zero-order valence-corrected chi connectivity index (χ0v) is 17.8. The Morgan fingerprint density at radius 1 is 1.07 bits per heavy atom. The first-order valence-electron chi connectivity index (χ1n) is 9.97. The first-order valence-corrected chi connectivity index (χ1v) is 9.97. The lowest BCUT2D eigenvalue weighted by Gasteiger charge is -2.24. The monoisotopic (exact) mass is 405 g/mol. The molecule has 0 fully saturated rings. The van der Waals surface area contributed by atoms with Gasteiger partial charge in [-0.25, -0.2) is 0 Å². The summed E-state index contributed by atoms with van der Waals surface area (Å²) in [5, 5.41) is 13.8. The van der Waals surface area contributed by atoms with E-state index in [9.17, 15) is 9.90 Å². The summed E-state index contributed by atoms with van der Waals surface area (Å²) in [7, 11) is 6.45. The number of hydrogen-bond donors (Lipinski definition) is 2. The van der Waals surface area contributed by atoms with Crippen LogP contribution in [0.1, 0.15) is 43.7 Å². The number of fused-ring (bicyclic) bond motifs is 2. The molecule has 7 nitrogen and oxygen atoms in total. The van der Waals surface area contributed by atoms with Gasteiger partial charge in [0.15, 0.2) is 11.5 Å². The van der Waals surface area contributed by atoms with Crippen molar-refractivity contribution < 1.29 is 28.8 Å². The fraction of sp³-hybridized carbons (Fsp3) is 0.591. The fourth-order valence-corrected chi connectivity index (χ4v) is 4.65. The molecule has 0 saturated heterocycles. The van der Waals surface area contributed by atoms with Crippen molar-refractivity contribution >= 4 is 11.5 Å². The van der Waals surface area contributed by atoms with Crippen LogP contribution >= 0.6 is 0 Å². The number of allylic oxidation sites excluding steroid dienone is 1. The molecule has 3 rings (SSSR count). The van der Waals surface area contributed by atoms with Gasteiger partial charge in [-0.3, -0.25) is 4.79 Å². The molecule has 3 atom stereocenters. The summed E-state index contributed by atoms with van der Waals surface area (Å²) in [6, 6.07) is 1.84. The summed E-state index contributed by atoms with van der Waals surface area (Å²) in [6.45, 7) is 1.52. The number of carbonyl (C=O) groups excluding carboxylic acids is 1. The third-order valence-corrected chi connectivity index (χ3v) is 5.94. The first kappa shape index (κ1) is 21.5. The Kier molecular flexibility index (Phi) is 6.70. The van der Waals surface area contributed by atoms with Crippen LogP contribution in [0.15, 0.2) is 11.6 Å². The van der Waals surface area contributed by atoms with Gasteiger partial charge in [-0.15, -0.1) is 0 Å². The molecule has 2 aliphatic rings. The molecule has 0 bridgehead atoms. The number of benzene rings is 1. The van der Waals surface area contributed by atoms with Gasteiger partial charge in [0.1, 0.15) is 0 Å². The minimum Gasteiger partial charge on any atom is -0.493 e. The standard InChI is InChI=1S/C22H31NO6/c1-12(24)23-16-8-6-13-10-19(27-3)21(28-4)22(29-5)20(13)14-7-9-18(26-2)17(25)11-15(14)16/h10,16-18,25H,6-9,11H2,1-5H3,(H,23,24)/t16-,17+,18+/m1/s1. The number of ether oxygens (including phenoxy) is 4. The first-order chi connectivity index (χ1) is 13.9. The number of carbonyl (C=O) groups is 1. The number of aliphatic hydroxyl groups excluding tert-OH is 1. The molecule has 2 aliphatic carbocycles. The molecule has 1 amide bonds. The van der Waals surface area contributed by atoms with Gasteiger partial charge < -0.3 is 29.4 Å². The average molecular weight is 405 g/mol. The summed E-state index contributed by atoms with van der Waals surface area (Å²) in [5.41, 5.74) is 4.20. The van der Waals surface area contributed by atoms with Crippen molar-refractivity contribution in [2.45, 2.75) is 57.3 Å². The molecule has 0 heterocycles. The number of nitrogens with one attached hydrogen (secondary N) is 1. The fourth-order valence-electron chi connectivity index (χ4n) is 4.65. The van der Waals surface area contributed by atoms with Crippen LogP contribution in [0, 0.1) is 0 Å². The smallest absolute Gasteiger partial charge is 0.217 e. The van der Waals surface area contributed by atoms with Crippen LogP contribution in [0.4, 0.5) is 0 Å². The Morgan fingerprint density at radius 2 is 1.79 bits per heavy atom. The van der Waals surface area contributed by atoms with Gasteiger partial charge in [-0.1, -0.05) is 0 Å². The van der Waals surface area contributed by atoms with Crippen LogP contribution in [0.5, 0.6) is 17.2 Å². The predicted molar refractivity (Wildman–Crippen MR) is 110 cm³/mol. The second-order valence-electron chi connectivity index (χ2n) is 7.56. The highest BCUT2D eigenvalue weighted by Gasteiger charge is 2.35. The van der Waals surface area contributed by atoms with Gasteiger partial charge in [0, 0.05) is 19.6 Å². The highest BCUT2D eigenvalue weighted by molar-refractivity contribution is 5.82. The Balaban J connectivity index is 2.24. The molecule has 0 unspecified atom stereocenters. The lowest BCUT2D eigenvalue weighted by molar-refractivity contribution is -0.119. The molecule has 0 spiro atoms. The molecule has 1 aromatic carbocycles. The predicted octanol–water partition coefficient (Wildman–Crippen LogP) is 2.48. The van der Waals surface area contributed by atoms with Gasteiger partial charge in [0.2, 0.25) is 11.7 Å². The minimum atomic E-state index is -0.628. The number of methoxy groups -OCH3 is 4. The maximum absolute atomic E-state index is 11.9. The molecule has 0 aliphatic heterocycles. The molecule has 0 saturated carbocycles. The van der Waals surface area contributed by atoms with E-state index in [2.05, 4.69) is 5.32 Å². The molecule has 160 valence electrons. The van der Waals surface area contributed by atoms with Crippen LogP contribution < -0.4 is 19.5 Å². The van der Waals surface area contributed by atoms with E-state index in [0.29, 0.717) is 36.5 Å². The zero-order valence-electron chi connectivity index (χ0n) is 17.8. The molecule has 0 radical (unpaired) electrons. The van der Waals surface area contributed by atoms with Crippen LogP contribution in [-0.4, -0.2) is 57.7 Å². The molecule has 29 heavy (non-hydrogen) atoms. The molecule has 7 heteroatoms. The van der Waals surface area contributed by atoms with E-state index in [1.807, 2.05) is 6.07 Å². The summed E-state index contributed by atoms with van der Waals surface area (Å²) in [4.78, 5) is 11.9. The quantitative estimate of drug-likeness (QED) is 0.783. The largest absolute Gasteiger partial charge is 0.493 e. The minimum absolute atomic E-state index is 0.0861. The number of aryl methyl sites for hydroxylation is 1. The van der Waals surface area contributed by atoms with Crippen molar-refractivity contribution in [2.24, 2.45) is 0 Å². The number of amides is 1. The maximum Gasteiger partial charge on any atom is 0.217 e. The van der Waals surface area contributed by atoms with E-state index >= 15 is 0 Å². The van der Waals surface area contributed by atoms with Crippen molar-refractivity contribution in [1.29, 1.82) is 0 Å². The van der Waals surface area contributed by atoms with E-state index in [1.54, 1.807) is 28.4 Å². The zero-order chi connectivity index (χ0) is 21.1. The molecule has 2 N–H and O–H groups in total. The van der Waals surface area contributed by atoms with Crippen LogP contribution in [-0.2, 0) is 16.0 Å². The van der Waals surface area contributed by atoms with Gasteiger partial charge in [0.05, 0.1) is 39.6 Å². The Hall–Kier alpha value is -2.25. The number of hydrogen-bond acceptors (Lipinski definition) is 6. The second kappa shape index (κ2) is 9.05. The Labute approximate surface area is 172 Å². The van der Waals surface area contributed by atoms with Gasteiger partial charge in [-0.05, 0) is 54.9 Å². The van der Waals surface area contributed by atoms with Gasteiger partial charge in [-0.2, -0.15) is 0 Å². The van der Waals surface area contributed by atoms with E-state index in [1.165, 1.54) is 6.92 Å². The maximum atomic E-state index is 11.9. The second-order valence-corrected chi connectivity index (χ2v) is 7.56. The summed E-state index contributed by atoms with van der Waals surface area (Å²) in [6.07, 6.45) is 2.42. The lowest BCUT2D eigenvalue weighted by atomic mass is 9.90. The topological polar surface area (TPSA) is 86.2 Å². The highest BCUT2D eigenvalue weighted by Crippen LogP contribution is 2.49. The van der Waals surface area contributed by atoms with E-state index < -0.39 is 6.10 Å². The molecule has 1 aromatic rings. The summed E-state index contributed by atoms with van der Waals surface area (Å²) < 4.78 is 22.5. The van der Waals surface area contributed by atoms with Crippen molar-refractivity contribution in [3.63, 3.8) is 0 Å². The van der Waals surface area contributed by atoms with Crippen molar-refractivity contribution in [1.82, 2.24) is 5.32 Å². The number of rotatable bonds is 5.